The highest BCUT2D eigenvalue weighted by Gasteiger charge is 2.22. The van der Waals surface area contributed by atoms with Crippen molar-refractivity contribution in [3.8, 4) is 0 Å². The maximum atomic E-state index is 11.7. The molecule has 0 aliphatic heterocycles. The van der Waals surface area contributed by atoms with Crippen molar-refractivity contribution in [2.75, 3.05) is 6.54 Å². The van der Waals surface area contributed by atoms with Gasteiger partial charge >= 0.3 is 17.9 Å². The first-order chi connectivity index (χ1) is 10.8. The third-order valence-corrected chi connectivity index (χ3v) is 3.16. The van der Waals surface area contributed by atoms with Crippen LogP contribution in [0.15, 0.2) is 0 Å². The summed E-state index contributed by atoms with van der Waals surface area (Å²) in [6.45, 7) is 2.49. The minimum Gasteiger partial charge on any atom is -0.481 e. The van der Waals surface area contributed by atoms with Crippen LogP contribution in [0.2, 0.25) is 0 Å². The van der Waals surface area contributed by atoms with Gasteiger partial charge in [-0.3, -0.25) is 14.4 Å². The first kappa shape index (κ1) is 20.8. The number of nitrogens with one attached hydrogen (secondary N) is 2. The Kier molecular flexibility index (Phi) is 10.3. The second kappa shape index (κ2) is 11.4. The molecule has 0 aromatic heterocycles. The molecule has 5 N–H and O–H groups in total. The molecule has 132 valence electrons. The zero-order chi connectivity index (χ0) is 17.8. The van der Waals surface area contributed by atoms with Gasteiger partial charge in [-0.2, -0.15) is 0 Å². The molecule has 23 heavy (non-hydrogen) atoms. The lowest BCUT2D eigenvalue weighted by Crippen LogP contribution is -2.43. The van der Waals surface area contributed by atoms with Crippen molar-refractivity contribution in [3.05, 3.63) is 0 Å². The largest absolute Gasteiger partial charge is 0.481 e. The van der Waals surface area contributed by atoms with E-state index in [4.69, 9.17) is 15.3 Å². The number of unbranched alkanes of at least 4 members (excludes halogenated alkanes) is 1. The van der Waals surface area contributed by atoms with E-state index in [1.54, 1.807) is 0 Å². The van der Waals surface area contributed by atoms with Gasteiger partial charge in [-0.25, -0.2) is 4.79 Å². The van der Waals surface area contributed by atoms with Crippen LogP contribution < -0.4 is 10.6 Å². The average Bonchev–Trinajstić information content (AvgIpc) is 2.46. The second-order valence-corrected chi connectivity index (χ2v) is 5.13. The Bertz CT molecular complexity index is 425. The molecule has 0 spiro atoms. The van der Waals surface area contributed by atoms with Gasteiger partial charge in [-0.05, 0) is 25.8 Å². The van der Waals surface area contributed by atoms with Crippen molar-refractivity contribution in [2.24, 2.45) is 0 Å². The van der Waals surface area contributed by atoms with Gasteiger partial charge in [0.05, 0.1) is 0 Å². The van der Waals surface area contributed by atoms with Gasteiger partial charge in [0.25, 0.3) is 0 Å². The van der Waals surface area contributed by atoms with E-state index in [-0.39, 0.29) is 25.7 Å². The molecule has 2 atom stereocenters. The lowest BCUT2D eigenvalue weighted by molar-refractivity contribution is -0.144. The van der Waals surface area contributed by atoms with Gasteiger partial charge in [0, 0.05) is 12.8 Å². The SMILES string of the molecule is CCCCN[C@@H](CCC(=O)N[C@H](CCC(=O)O)C(=O)O)C(=O)O. The summed E-state index contributed by atoms with van der Waals surface area (Å²) in [5.41, 5.74) is 0. The van der Waals surface area contributed by atoms with E-state index in [0.717, 1.165) is 12.8 Å². The van der Waals surface area contributed by atoms with Crippen molar-refractivity contribution in [2.45, 2.75) is 57.5 Å². The lowest BCUT2D eigenvalue weighted by atomic mass is 10.1. The summed E-state index contributed by atoms with van der Waals surface area (Å²) >= 11 is 0. The van der Waals surface area contributed by atoms with Crippen LogP contribution >= 0.6 is 0 Å². The predicted molar refractivity (Wildman–Crippen MR) is 80.0 cm³/mol. The summed E-state index contributed by atoms with van der Waals surface area (Å²) in [5, 5.41) is 31.5. The molecule has 0 heterocycles. The minimum absolute atomic E-state index is 0.0240. The number of carbonyl (C=O) groups is 4. The summed E-state index contributed by atoms with van der Waals surface area (Å²) in [4.78, 5) is 44.2. The molecule has 9 heteroatoms. The molecule has 0 fully saturated rings. The molecule has 0 aliphatic carbocycles. The molecular weight excluding hydrogens is 308 g/mol. The monoisotopic (exact) mass is 332 g/mol. The Hall–Kier alpha value is -2.16. The molecule has 0 unspecified atom stereocenters. The van der Waals surface area contributed by atoms with Crippen molar-refractivity contribution in [1.82, 2.24) is 10.6 Å². The normalized spacial score (nSPS) is 13.1. The van der Waals surface area contributed by atoms with E-state index in [9.17, 15) is 19.2 Å². The Morgan fingerprint density at radius 3 is 1.96 bits per heavy atom. The van der Waals surface area contributed by atoms with E-state index >= 15 is 0 Å². The Morgan fingerprint density at radius 2 is 1.48 bits per heavy atom. The van der Waals surface area contributed by atoms with Gasteiger partial charge in [0.15, 0.2) is 0 Å². The molecule has 0 aliphatic rings. The second-order valence-electron chi connectivity index (χ2n) is 5.13. The first-order valence-corrected chi connectivity index (χ1v) is 7.48. The van der Waals surface area contributed by atoms with Crippen LogP contribution in [0.5, 0.6) is 0 Å². The number of aliphatic carboxylic acids is 3. The number of hydrogen-bond donors (Lipinski definition) is 5. The summed E-state index contributed by atoms with van der Waals surface area (Å²) in [6.07, 6.45) is 0.972. The summed E-state index contributed by atoms with van der Waals surface area (Å²) < 4.78 is 0. The van der Waals surface area contributed by atoms with Crippen LogP contribution in [-0.2, 0) is 19.2 Å². The zero-order valence-electron chi connectivity index (χ0n) is 13.1. The molecular formula is C14H24N2O7. The average molecular weight is 332 g/mol. The number of hydrogen-bond acceptors (Lipinski definition) is 5. The van der Waals surface area contributed by atoms with E-state index in [2.05, 4.69) is 10.6 Å². The fraction of sp³-hybridized carbons (Fsp3) is 0.714. The van der Waals surface area contributed by atoms with Gasteiger partial charge < -0.3 is 26.0 Å². The lowest BCUT2D eigenvalue weighted by Gasteiger charge is -2.16. The fourth-order valence-corrected chi connectivity index (χ4v) is 1.83. The van der Waals surface area contributed by atoms with E-state index in [0.29, 0.717) is 6.54 Å². The zero-order valence-corrected chi connectivity index (χ0v) is 13.1. The van der Waals surface area contributed by atoms with E-state index in [1.165, 1.54) is 0 Å². The minimum atomic E-state index is -1.32. The number of amides is 1. The number of carboxylic acid groups (broad SMARTS) is 3. The van der Waals surface area contributed by atoms with Crippen LogP contribution in [0.25, 0.3) is 0 Å². The molecule has 0 bridgehead atoms. The smallest absolute Gasteiger partial charge is 0.326 e. The summed E-state index contributed by atoms with van der Waals surface area (Å²) in [7, 11) is 0. The Balaban J connectivity index is 4.34. The molecule has 0 saturated carbocycles. The highest BCUT2D eigenvalue weighted by atomic mass is 16.4. The van der Waals surface area contributed by atoms with Gasteiger partial charge in [0.2, 0.25) is 5.91 Å². The highest BCUT2D eigenvalue weighted by Crippen LogP contribution is 2.02. The standard InChI is InChI=1S/C14H24N2O7/c1-2-3-8-15-9(13(20)21)4-6-11(17)16-10(14(22)23)5-7-12(18)19/h9-10,15H,2-8H2,1H3,(H,16,17)(H,18,19)(H,20,21)(H,22,23)/t9-,10+/m0/s1. The maximum Gasteiger partial charge on any atom is 0.326 e. The van der Waals surface area contributed by atoms with E-state index in [1.807, 2.05) is 6.92 Å². The van der Waals surface area contributed by atoms with Crippen molar-refractivity contribution in [3.63, 3.8) is 0 Å². The van der Waals surface area contributed by atoms with Crippen LogP contribution in [0, 0.1) is 0 Å². The quantitative estimate of drug-likeness (QED) is 0.296. The summed E-state index contributed by atoms with van der Waals surface area (Å²) in [6, 6.07) is -2.18. The topological polar surface area (TPSA) is 153 Å². The molecule has 0 aromatic rings. The number of carbonyl (C=O) groups excluding carboxylic acids is 1. The highest BCUT2D eigenvalue weighted by molar-refractivity contribution is 5.84. The third-order valence-electron chi connectivity index (χ3n) is 3.16. The van der Waals surface area contributed by atoms with Crippen LogP contribution in [-0.4, -0.2) is 57.8 Å². The van der Waals surface area contributed by atoms with Crippen molar-refractivity contribution in [1.29, 1.82) is 0 Å². The maximum absolute atomic E-state index is 11.7. The molecule has 0 radical (unpaired) electrons. The number of rotatable bonds is 13. The molecule has 9 nitrogen and oxygen atoms in total. The van der Waals surface area contributed by atoms with Crippen molar-refractivity contribution >= 4 is 23.8 Å². The molecule has 0 rings (SSSR count). The van der Waals surface area contributed by atoms with Gasteiger partial charge in [0.1, 0.15) is 12.1 Å². The Labute approximate surface area is 134 Å². The molecule has 0 aromatic carbocycles. The predicted octanol–water partition coefficient (Wildman–Crippen LogP) is 0.0437. The fourth-order valence-electron chi connectivity index (χ4n) is 1.83. The molecule has 1 amide bonds. The van der Waals surface area contributed by atoms with Crippen LogP contribution in [0.3, 0.4) is 0 Å². The summed E-state index contributed by atoms with van der Waals surface area (Å²) in [5.74, 6) is -4.17. The first-order valence-electron chi connectivity index (χ1n) is 7.48. The number of carboxylic acids is 3. The van der Waals surface area contributed by atoms with Crippen molar-refractivity contribution < 1.29 is 34.5 Å². The van der Waals surface area contributed by atoms with Crippen LogP contribution in [0.1, 0.15) is 45.4 Å². The van der Waals surface area contributed by atoms with Gasteiger partial charge in [-0.15, -0.1) is 0 Å². The van der Waals surface area contributed by atoms with E-state index < -0.39 is 35.9 Å². The van der Waals surface area contributed by atoms with Crippen LogP contribution in [0.4, 0.5) is 0 Å². The third kappa shape index (κ3) is 10.2. The molecule has 0 saturated heterocycles. The van der Waals surface area contributed by atoms with Gasteiger partial charge in [-0.1, -0.05) is 13.3 Å². The Morgan fingerprint density at radius 1 is 0.913 bits per heavy atom.